The van der Waals surface area contributed by atoms with E-state index in [0.717, 1.165) is 0 Å². The first-order valence-electron chi connectivity index (χ1n) is 10.3. The summed E-state index contributed by atoms with van der Waals surface area (Å²) in [5.74, 6) is 0. The van der Waals surface area contributed by atoms with E-state index < -0.39 is 10.1 Å². The second kappa shape index (κ2) is 16.2. The second-order valence-electron chi connectivity index (χ2n) is 7.08. The third-order valence-corrected chi connectivity index (χ3v) is 4.30. The molecule has 5 heteroatoms. The van der Waals surface area contributed by atoms with Crippen LogP contribution in [0.1, 0.15) is 90.0 Å². The SMILES string of the molecule is CCCCCCCCCCC[n+]1ccc(CCCC)cc1.CS(=O)(=O)[O-]. The summed E-state index contributed by atoms with van der Waals surface area (Å²) >= 11 is 0. The highest BCUT2D eigenvalue weighted by molar-refractivity contribution is 7.84. The maximum Gasteiger partial charge on any atom is 0.169 e. The molecular formula is C21H39NO3S. The zero-order chi connectivity index (χ0) is 19.7. The first-order valence-corrected chi connectivity index (χ1v) is 12.1. The zero-order valence-electron chi connectivity index (χ0n) is 17.1. The summed E-state index contributed by atoms with van der Waals surface area (Å²) < 4.78 is 29.6. The number of nitrogens with zero attached hydrogens (tertiary/aromatic N) is 1. The number of aryl methyl sites for hydroxylation is 2. The molecule has 0 unspecified atom stereocenters. The van der Waals surface area contributed by atoms with Crippen LogP contribution in [0.15, 0.2) is 24.5 Å². The Morgan fingerprint density at radius 3 is 1.69 bits per heavy atom. The predicted octanol–water partition coefficient (Wildman–Crippen LogP) is 5.01. The Hall–Kier alpha value is -0.940. The maximum atomic E-state index is 9.08. The molecule has 1 aromatic rings. The Kier molecular flexibility index (Phi) is 15.7. The molecule has 1 rings (SSSR count). The molecule has 0 saturated heterocycles. The summed E-state index contributed by atoms with van der Waals surface area (Å²) in [5.41, 5.74) is 1.49. The average molecular weight is 386 g/mol. The van der Waals surface area contributed by atoms with Crippen molar-refractivity contribution < 1.29 is 17.5 Å². The second-order valence-corrected chi connectivity index (χ2v) is 8.49. The van der Waals surface area contributed by atoms with E-state index in [4.69, 9.17) is 13.0 Å². The van der Waals surface area contributed by atoms with Crippen LogP contribution < -0.4 is 4.57 Å². The molecule has 0 aliphatic rings. The molecule has 1 heterocycles. The molecule has 0 aliphatic heterocycles. The van der Waals surface area contributed by atoms with Crippen molar-refractivity contribution in [1.82, 2.24) is 0 Å². The molecule has 26 heavy (non-hydrogen) atoms. The van der Waals surface area contributed by atoms with Crippen LogP contribution in [0.4, 0.5) is 0 Å². The van der Waals surface area contributed by atoms with Crippen LogP contribution in [0.25, 0.3) is 0 Å². The van der Waals surface area contributed by atoms with Crippen LogP contribution in [0.3, 0.4) is 0 Å². The van der Waals surface area contributed by atoms with Gasteiger partial charge in [0, 0.05) is 24.8 Å². The van der Waals surface area contributed by atoms with E-state index >= 15 is 0 Å². The smallest absolute Gasteiger partial charge is 0.169 e. The Morgan fingerprint density at radius 2 is 1.23 bits per heavy atom. The molecule has 0 N–H and O–H groups in total. The number of pyridine rings is 1. The first-order chi connectivity index (χ1) is 12.4. The molecule has 152 valence electrons. The van der Waals surface area contributed by atoms with Gasteiger partial charge in [-0.3, -0.25) is 0 Å². The lowest BCUT2D eigenvalue weighted by Gasteiger charge is -2.02. The van der Waals surface area contributed by atoms with Crippen LogP contribution in [0.5, 0.6) is 0 Å². The Labute approximate surface area is 161 Å². The highest BCUT2D eigenvalue weighted by Crippen LogP contribution is 2.09. The minimum atomic E-state index is -3.92. The number of unbranched alkanes of at least 4 members (excludes halogenated alkanes) is 9. The van der Waals surface area contributed by atoms with E-state index in [2.05, 4.69) is 42.9 Å². The molecule has 0 radical (unpaired) electrons. The minimum Gasteiger partial charge on any atom is -0.748 e. The Morgan fingerprint density at radius 1 is 0.808 bits per heavy atom. The van der Waals surface area contributed by atoms with Crippen molar-refractivity contribution in [3.8, 4) is 0 Å². The molecule has 0 atom stereocenters. The number of aromatic nitrogens is 1. The molecule has 1 aromatic heterocycles. The molecule has 0 aliphatic carbocycles. The van der Waals surface area contributed by atoms with E-state index in [-0.39, 0.29) is 0 Å². The topological polar surface area (TPSA) is 61.1 Å². The highest BCUT2D eigenvalue weighted by atomic mass is 32.2. The van der Waals surface area contributed by atoms with Crippen LogP contribution in [0, 0.1) is 0 Å². The van der Waals surface area contributed by atoms with Crippen molar-refractivity contribution in [2.24, 2.45) is 0 Å². The lowest BCUT2D eigenvalue weighted by atomic mass is 10.1. The minimum absolute atomic E-state index is 0.604. The van der Waals surface area contributed by atoms with Crippen LogP contribution in [0.2, 0.25) is 0 Å². The fourth-order valence-electron chi connectivity index (χ4n) is 2.79. The molecule has 0 aromatic carbocycles. The van der Waals surface area contributed by atoms with Gasteiger partial charge in [-0.15, -0.1) is 0 Å². The maximum absolute atomic E-state index is 9.08. The van der Waals surface area contributed by atoms with Gasteiger partial charge in [-0.25, -0.2) is 13.0 Å². The van der Waals surface area contributed by atoms with E-state index in [1.165, 1.54) is 89.2 Å². The lowest BCUT2D eigenvalue weighted by molar-refractivity contribution is -0.697. The molecule has 0 amide bonds. The number of rotatable bonds is 13. The summed E-state index contributed by atoms with van der Waals surface area (Å²) in [4.78, 5) is 0. The average Bonchev–Trinajstić information content (AvgIpc) is 2.58. The van der Waals surface area contributed by atoms with Crippen LogP contribution in [-0.2, 0) is 23.1 Å². The fourth-order valence-corrected chi connectivity index (χ4v) is 2.79. The monoisotopic (exact) mass is 385 g/mol. The summed E-state index contributed by atoms with van der Waals surface area (Å²) in [5, 5.41) is 0. The van der Waals surface area contributed by atoms with Crippen LogP contribution in [-0.4, -0.2) is 19.2 Å². The van der Waals surface area contributed by atoms with Crippen molar-refractivity contribution in [2.75, 3.05) is 6.26 Å². The van der Waals surface area contributed by atoms with Crippen molar-refractivity contribution in [3.05, 3.63) is 30.1 Å². The van der Waals surface area contributed by atoms with Gasteiger partial charge in [0.2, 0.25) is 0 Å². The molecule has 0 spiro atoms. The van der Waals surface area contributed by atoms with E-state index in [1.807, 2.05) is 0 Å². The first kappa shape index (κ1) is 25.1. The summed E-state index contributed by atoms with van der Waals surface area (Å²) in [6.07, 6.45) is 21.6. The highest BCUT2D eigenvalue weighted by Gasteiger charge is 2.01. The van der Waals surface area contributed by atoms with Crippen molar-refractivity contribution >= 4 is 10.1 Å². The third kappa shape index (κ3) is 19.4. The molecule has 4 nitrogen and oxygen atoms in total. The van der Waals surface area contributed by atoms with E-state index in [9.17, 15) is 0 Å². The Balaban J connectivity index is 0.00000110. The van der Waals surface area contributed by atoms with Gasteiger partial charge in [-0.1, -0.05) is 65.2 Å². The molecule has 0 saturated carbocycles. The largest absolute Gasteiger partial charge is 0.748 e. The van der Waals surface area contributed by atoms with Gasteiger partial charge in [0.15, 0.2) is 12.4 Å². The predicted molar refractivity (Wildman–Crippen MR) is 108 cm³/mol. The standard InChI is InChI=1S/C20H36N.CH4O3S/c1-3-5-7-8-9-10-11-12-13-17-21-18-15-20(16-19-21)14-6-4-2;1-5(2,3)4/h15-16,18-19H,3-14,17H2,1-2H3;1H3,(H,2,3,4)/q+1;/p-1. The summed E-state index contributed by atoms with van der Waals surface area (Å²) in [7, 11) is -3.92. The van der Waals surface area contributed by atoms with Crippen molar-refractivity contribution in [1.29, 1.82) is 0 Å². The zero-order valence-corrected chi connectivity index (χ0v) is 17.9. The van der Waals surface area contributed by atoms with Gasteiger partial charge >= 0.3 is 0 Å². The number of hydrogen-bond acceptors (Lipinski definition) is 3. The van der Waals surface area contributed by atoms with Gasteiger partial charge in [0.25, 0.3) is 0 Å². The number of hydrogen-bond donors (Lipinski definition) is 0. The quantitative estimate of drug-likeness (QED) is 0.272. The van der Waals surface area contributed by atoms with Gasteiger partial charge in [0.05, 0.1) is 10.1 Å². The van der Waals surface area contributed by atoms with Crippen LogP contribution >= 0.6 is 0 Å². The fraction of sp³-hybridized carbons (Fsp3) is 0.762. The van der Waals surface area contributed by atoms with Gasteiger partial charge in [0.1, 0.15) is 6.54 Å². The molecule has 0 fully saturated rings. The van der Waals surface area contributed by atoms with Crippen molar-refractivity contribution in [2.45, 2.75) is 97.4 Å². The lowest BCUT2D eigenvalue weighted by Crippen LogP contribution is -2.32. The van der Waals surface area contributed by atoms with E-state index in [1.54, 1.807) is 0 Å². The third-order valence-electron chi connectivity index (χ3n) is 4.30. The Bertz CT molecular complexity index is 519. The van der Waals surface area contributed by atoms with Crippen molar-refractivity contribution in [3.63, 3.8) is 0 Å². The summed E-state index contributed by atoms with van der Waals surface area (Å²) in [6.45, 7) is 5.73. The van der Waals surface area contributed by atoms with Gasteiger partial charge < -0.3 is 4.55 Å². The van der Waals surface area contributed by atoms with Gasteiger partial charge in [-0.05, 0) is 24.8 Å². The molecular weight excluding hydrogens is 346 g/mol. The van der Waals surface area contributed by atoms with E-state index in [0.29, 0.717) is 6.26 Å². The summed E-state index contributed by atoms with van der Waals surface area (Å²) in [6, 6.07) is 4.59. The molecule has 0 bridgehead atoms. The van der Waals surface area contributed by atoms with Gasteiger partial charge in [-0.2, -0.15) is 0 Å². The normalized spacial score (nSPS) is 11.1.